The molecule has 0 heterocycles. The van der Waals surface area contributed by atoms with Crippen LogP contribution in [0.25, 0.3) is 0 Å². The molecule has 0 radical (unpaired) electrons. The Morgan fingerprint density at radius 3 is 2.67 bits per heavy atom. The van der Waals surface area contributed by atoms with Crippen LogP contribution in [0.1, 0.15) is 13.3 Å². The van der Waals surface area contributed by atoms with E-state index in [1.54, 1.807) is 6.08 Å². The van der Waals surface area contributed by atoms with Crippen molar-refractivity contribution in [2.45, 2.75) is 13.3 Å². The Balaban J connectivity index is 3.84. The van der Waals surface area contributed by atoms with Gasteiger partial charge < -0.3 is 0 Å². The largest absolute Gasteiger partial charge is 0.0991 e. The second kappa shape index (κ2) is 5.83. The normalized spacial score (nSPS) is 12.4. The van der Waals surface area contributed by atoms with Gasteiger partial charge in [-0.3, -0.25) is 0 Å². The summed E-state index contributed by atoms with van der Waals surface area (Å²) in [5.41, 5.74) is 1.27. The van der Waals surface area contributed by atoms with Crippen LogP contribution < -0.4 is 0 Å². The summed E-state index contributed by atoms with van der Waals surface area (Å²) in [6.07, 6.45) is 6.78. The Morgan fingerprint density at radius 1 is 1.67 bits per heavy atom. The molecular formula is C8H11Br. The van der Waals surface area contributed by atoms with E-state index in [1.807, 2.05) is 17.1 Å². The third-order valence-corrected chi connectivity index (χ3v) is 1.58. The standard InChI is InChI=1S/C8H11Br/c1-3-5-6-8(4-2)7-9/h3,5-7H,1,4H2,2H3/b6-5-,8-7+. The van der Waals surface area contributed by atoms with Gasteiger partial charge in [0.1, 0.15) is 0 Å². The molecule has 0 aromatic heterocycles. The van der Waals surface area contributed by atoms with Crippen LogP contribution in [0.15, 0.2) is 35.4 Å². The first-order valence-electron chi connectivity index (χ1n) is 2.93. The van der Waals surface area contributed by atoms with Crippen molar-refractivity contribution >= 4 is 15.9 Å². The van der Waals surface area contributed by atoms with Crippen molar-refractivity contribution < 1.29 is 0 Å². The smallest absolute Gasteiger partial charge is 0.0157 e. The van der Waals surface area contributed by atoms with E-state index in [9.17, 15) is 0 Å². The van der Waals surface area contributed by atoms with E-state index >= 15 is 0 Å². The van der Waals surface area contributed by atoms with Gasteiger partial charge in [0.2, 0.25) is 0 Å². The Morgan fingerprint density at radius 2 is 2.33 bits per heavy atom. The zero-order valence-electron chi connectivity index (χ0n) is 5.60. The number of halogens is 1. The minimum Gasteiger partial charge on any atom is -0.0991 e. The van der Waals surface area contributed by atoms with Crippen LogP contribution in [0.4, 0.5) is 0 Å². The molecule has 0 atom stereocenters. The van der Waals surface area contributed by atoms with E-state index in [4.69, 9.17) is 0 Å². The van der Waals surface area contributed by atoms with Crippen LogP contribution in [0.5, 0.6) is 0 Å². The molecule has 0 aromatic carbocycles. The second-order valence-corrected chi connectivity index (χ2v) is 2.09. The van der Waals surface area contributed by atoms with Gasteiger partial charge in [-0.25, -0.2) is 0 Å². The Bertz CT molecular complexity index is 132. The number of rotatable bonds is 3. The van der Waals surface area contributed by atoms with E-state index < -0.39 is 0 Å². The Hall–Kier alpha value is -0.300. The SMILES string of the molecule is C=C/C=C\C(=C\Br)CC. The molecule has 0 saturated carbocycles. The van der Waals surface area contributed by atoms with Crippen molar-refractivity contribution in [2.24, 2.45) is 0 Å². The van der Waals surface area contributed by atoms with Gasteiger partial charge in [-0.1, -0.05) is 47.7 Å². The molecule has 0 unspecified atom stereocenters. The maximum absolute atomic E-state index is 3.57. The monoisotopic (exact) mass is 186 g/mol. The van der Waals surface area contributed by atoms with Crippen molar-refractivity contribution in [2.75, 3.05) is 0 Å². The molecule has 0 N–H and O–H groups in total. The first-order chi connectivity index (χ1) is 4.35. The van der Waals surface area contributed by atoms with Gasteiger partial charge in [0.05, 0.1) is 0 Å². The Labute approximate surface area is 65.1 Å². The third-order valence-electron chi connectivity index (χ3n) is 0.995. The van der Waals surface area contributed by atoms with Gasteiger partial charge in [-0.15, -0.1) is 0 Å². The second-order valence-electron chi connectivity index (χ2n) is 1.63. The predicted octanol–water partition coefficient (Wildman–Crippen LogP) is 3.42. The molecule has 0 saturated heterocycles. The first kappa shape index (κ1) is 8.70. The summed E-state index contributed by atoms with van der Waals surface area (Å²) in [6.45, 7) is 5.68. The highest BCUT2D eigenvalue weighted by Gasteiger charge is 1.81. The van der Waals surface area contributed by atoms with E-state index in [1.165, 1.54) is 5.57 Å². The molecule has 0 spiro atoms. The lowest BCUT2D eigenvalue weighted by Crippen LogP contribution is -1.68. The minimum absolute atomic E-state index is 1.05. The molecular weight excluding hydrogens is 176 g/mol. The van der Waals surface area contributed by atoms with Crippen LogP contribution in [0.3, 0.4) is 0 Å². The highest BCUT2D eigenvalue weighted by molar-refractivity contribution is 9.11. The highest BCUT2D eigenvalue weighted by Crippen LogP contribution is 2.04. The minimum atomic E-state index is 1.05. The van der Waals surface area contributed by atoms with Gasteiger partial charge in [0.15, 0.2) is 0 Å². The lowest BCUT2D eigenvalue weighted by molar-refractivity contribution is 1.16. The summed E-state index contributed by atoms with van der Waals surface area (Å²) in [4.78, 5) is 1.92. The molecule has 0 nitrogen and oxygen atoms in total. The highest BCUT2D eigenvalue weighted by atomic mass is 79.9. The van der Waals surface area contributed by atoms with Crippen LogP contribution in [0, 0.1) is 0 Å². The predicted molar refractivity (Wildman–Crippen MR) is 46.6 cm³/mol. The van der Waals surface area contributed by atoms with Gasteiger partial charge in [0.25, 0.3) is 0 Å². The maximum Gasteiger partial charge on any atom is -0.0157 e. The fourth-order valence-corrected chi connectivity index (χ4v) is 0.899. The molecule has 0 fully saturated rings. The van der Waals surface area contributed by atoms with E-state index in [0.717, 1.165) is 6.42 Å². The van der Waals surface area contributed by atoms with Gasteiger partial charge in [-0.05, 0) is 17.0 Å². The Kier molecular flexibility index (Phi) is 5.64. The summed E-state index contributed by atoms with van der Waals surface area (Å²) in [6, 6.07) is 0. The topological polar surface area (TPSA) is 0 Å². The van der Waals surface area contributed by atoms with Crippen molar-refractivity contribution in [3.05, 3.63) is 35.4 Å². The average molecular weight is 187 g/mol. The van der Waals surface area contributed by atoms with Crippen molar-refractivity contribution in [1.82, 2.24) is 0 Å². The van der Waals surface area contributed by atoms with Crippen molar-refractivity contribution in [3.63, 3.8) is 0 Å². The molecule has 0 aliphatic rings. The van der Waals surface area contributed by atoms with E-state index in [2.05, 4.69) is 29.4 Å². The molecule has 0 aromatic rings. The fourth-order valence-electron chi connectivity index (χ4n) is 0.423. The molecule has 1 heteroatoms. The van der Waals surface area contributed by atoms with Crippen LogP contribution in [-0.2, 0) is 0 Å². The summed E-state index contributed by atoms with van der Waals surface area (Å²) < 4.78 is 0. The average Bonchev–Trinajstić information content (AvgIpc) is 1.91. The fraction of sp³-hybridized carbons (Fsp3) is 0.250. The number of allylic oxidation sites excluding steroid dienone is 4. The van der Waals surface area contributed by atoms with Gasteiger partial charge >= 0.3 is 0 Å². The molecule has 50 valence electrons. The van der Waals surface area contributed by atoms with Crippen molar-refractivity contribution in [3.8, 4) is 0 Å². The summed E-state index contributed by atoms with van der Waals surface area (Å²) in [5.74, 6) is 0. The van der Waals surface area contributed by atoms with Crippen LogP contribution in [0.2, 0.25) is 0 Å². The van der Waals surface area contributed by atoms with Gasteiger partial charge in [-0.2, -0.15) is 0 Å². The van der Waals surface area contributed by atoms with E-state index in [-0.39, 0.29) is 0 Å². The van der Waals surface area contributed by atoms with Crippen molar-refractivity contribution in [1.29, 1.82) is 0 Å². The zero-order valence-corrected chi connectivity index (χ0v) is 7.19. The molecule has 0 aliphatic carbocycles. The lowest BCUT2D eigenvalue weighted by atomic mass is 10.2. The molecule has 0 bridgehead atoms. The number of hydrogen-bond donors (Lipinski definition) is 0. The molecule has 9 heavy (non-hydrogen) atoms. The third kappa shape index (κ3) is 4.22. The molecule has 0 rings (SSSR count). The first-order valence-corrected chi connectivity index (χ1v) is 3.85. The summed E-state index contributed by atoms with van der Waals surface area (Å²) in [5, 5.41) is 0. The lowest BCUT2D eigenvalue weighted by Gasteiger charge is -1.89. The van der Waals surface area contributed by atoms with Gasteiger partial charge in [0, 0.05) is 0 Å². The quantitative estimate of drug-likeness (QED) is 0.594. The molecule has 0 aliphatic heterocycles. The van der Waals surface area contributed by atoms with E-state index in [0.29, 0.717) is 0 Å². The summed E-state index contributed by atoms with van der Waals surface area (Å²) in [7, 11) is 0. The van der Waals surface area contributed by atoms with Crippen LogP contribution >= 0.6 is 15.9 Å². The zero-order chi connectivity index (χ0) is 7.11. The maximum atomic E-state index is 3.57. The summed E-state index contributed by atoms with van der Waals surface area (Å²) >= 11 is 3.26. The number of hydrogen-bond acceptors (Lipinski definition) is 0. The van der Waals surface area contributed by atoms with Crippen LogP contribution in [-0.4, -0.2) is 0 Å². The molecule has 0 amide bonds.